The molecule has 1 aromatic heterocycles. The fourth-order valence-electron chi connectivity index (χ4n) is 1.97. The summed E-state index contributed by atoms with van der Waals surface area (Å²) in [5.41, 5.74) is 3.08. The standard InChI is InChI=1S/C17H20N2O2S2/c1-12-4-3-5-14(8-12)19-17(21)11-22-10-16(20)18-9-15-13(2)6-7-23-15/h3-8H,9-11H2,1-2H3,(H,18,20)(H,19,21). The molecular formula is C17H20N2O2S2. The molecule has 2 amide bonds. The molecule has 0 aliphatic carbocycles. The molecule has 2 rings (SSSR count). The summed E-state index contributed by atoms with van der Waals surface area (Å²) in [6.07, 6.45) is 0. The minimum atomic E-state index is -0.0949. The number of aryl methyl sites for hydroxylation is 2. The van der Waals surface area contributed by atoms with Gasteiger partial charge in [0, 0.05) is 10.6 Å². The van der Waals surface area contributed by atoms with Crippen molar-refractivity contribution >= 4 is 40.6 Å². The van der Waals surface area contributed by atoms with Gasteiger partial charge in [0.15, 0.2) is 0 Å². The van der Waals surface area contributed by atoms with E-state index in [1.165, 1.54) is 22.2 Å². The summed E-state index contributed by atoms with van der Waals surface area (Å²) in [7, 11) is 0. The third-order valence-electron chi connectivity index (χ3n) is 3.18. The molecule has 2 aromatic rings. The number of thiophene rings is 1. The molecule has 0 saturated carbocycles. The molecular weight excluding hydrogens is 328 g/mol. The molecule has 0 atom stereocenters. The van der Waals surface area contributed by atoms with Crippen molar-refractivity contribution in [3.05, 3.63) is 51.7 Å². The smallest absolute Gasteiger partial charge is 0.234 e. The van der Waals surface area contributed by atoms with Gasteiger partial charge in [0.1, 0.15) is 0 Å². The molecule has 0 fully saturated rings. The van der Waals surface area contributed by atoms with Crippen molar-refractivity contribution in [1.29, 1.82) is 0 Å². The van der Waals surface area contributed by atoms with E-state index in [1.807, 2.05) is 49.6 Å². The molecule has 0 aliphatic heterocycles. The Labute approximate surface area is 144 Å². The van der Waals surface area contributed by atoms with Crippen LogP contribution in [0.2, 0.25) is 0 Å². The molecule has 1 aromatic carbocycles. The molecule has 0 unspecified atom stereocenters. The van der Waals surface area contributed by atoms with Gasteiger partial charge in [-0.25, -0.2) is 0 Å². The predicted octanol–water partition coefficient (Wildman–Crippen LogP) is 3.35. The average Bonchev–Trinajstić information content (AvgIpc) is 2.90. The van der Waals surface area contributed by atoms with Crippen molar-refractivity contribution in [2.24, 2.45) is 0 Å². The number of hydrogen-bond acceptors (Lipinski definition) is 4. The zero-order valence-electron chi connectivity index (χ0n) is 13.2. The van der Waals surface area contributed by atoms with Gasteiger partial charge in [-0.3, -0.25) is 9.59 Å². The third-order valence-corrected chi connectivity index (χ3v) is 5.14. The number of hydrogen-bond donors (Lipinski definition) is 2. The highest BCUT2D eigenvalue weighted by atomic mass is 32.2. The molecule has 1 heterocycles. The first-order valence-electron chi connectivity index (χ1n) is 7.28. The van der Waals surface area contributed by atoms with Gasteiger partial charge >= 0.3 is 0 Å². The minimum absolute atomic E-state index is 0.0499. The van der Waals surface area contributed by atoms with Gasteiger partial charge in [0.25, 0.3) is 0 Å². The number of carbonyl (C=O) groups excluding carboxylic acids is 2. The number of carbonyl (C=O) groups is 2. The second-order valence-electron chi connectivity index (χ2n) is 5.21. The normalized spacial score (nSPS) is 10.3. The molecule has 0 spiro atoms. The van der Waals surface area contributed by atoms with E-state index in [0.717, 1.165) is 11.3 Å². The topological polar surface area (TPSA) is 58.2 Å². The van der Waals surface area contributed by atoms with Gasteiger partial charge in [-0.15, -0.1) is 23.1 Å². The van der Waals surface area contributed by atoms with Gasteiger partial charge in [-0.2, -0.15) is 0 Å². The number of anilines is 1. The number of thioether (sulfide) groups is 1. The molecule has 6 heteroatoms. The third kappa shape index (κ3) is 6.08. The Morgan fingerprint density at radius 2 is 1.91 bits per heavy atom. The van der Waals surface area contributed by atoms with Gasteiger partial charge < -0.3 is 10.6 Å². The molecule has 0 saturated heterocycles. The van der Waals surface area contributed by atoms with Crippen molar-refractivity contribution < 1.29 is 9.59 Å². The fraction of sp³-hybridized carbons (Fsp3) is 0.294. The molecule has 4 nitrogen and oxygen atoms in total. The molecule has 0 bridgehead atoms. The number of rotatable bonds is 7. The maximum Gasteiger partial charge on any atom is 0.234 e. The number of nitrogens with one attached hydrogen (secondary N) is 2. The summed E-state index contributed by atoms with van der Waals surface area (Å²) >= 11 is 2.95. The fourth-order valence-corrected chi connectivity index (χ4v) is 3.46. The van der Waals surface area contributed by atoms with E-state index in [0.29, 0.717) is 6.54 Å². The van der Waals surface area contributed by atoms with Crippen LogP contribution in [0.15, 0.2) is 35.7 Å². The van der Waals surface area contributed by atoms with Crippen molar-refractivity contribution in [2.75, 3.05) is 16.8 Å². The maximum absolute atomic E-state index is 11.8. The van der Waals surface area contributed by atoms with Crippen LogP contribution in [-0.2, 0) is 16.1 Å². The molecule has 0 radical (unpaired) electrons. The van der Waals surface area contributed by atoms with Crippen molar-refractivity contribution in [2.45, 2.75) is 20.4 Å². The first kappa shape index (κ1) is 17.6. The first-order valence-corrected chi connectivity index (χ1v) is 9.32. The van der Waals surface area contributed by atoms with E-state index >= 15 is 0 Å². The van der Waals surface area contributed by atoms with Crippen LogP contribution in [0, 0.1) is 13.8 Å². The van der Waals surface area contributed by atoms with Crippen LogP contribution in [0.25, 0.3) is 0 Å². The molecule has 0 aliphatic rings. The van der Waals surface area contributed by atoms with Gasteiger partial charge in [-0.05, 0) is 48.6 Å². The average molecular weight is 348 g/mol. The van der Waals surface area contributed by atoms with Gasteiger partial charge in [0.05, 0.1) is 18.1 Å². The van der Waals surface area contributed by atoms with Crippen molar-refractivity contribution in [1.82, 2.24) is 5.32 Å². The minimum Gasteiger partial charge on any atom is -0.350 e. The van der Waals surface area contributed by atoms with Crippen LogP contribution < -0.4 is 10.6 Å². The second kappa shape index (κ2) is 8.74. The Kier molecular flexibility index (Phi) is 6.67. The summed E-state index contributed by atoms with van der Waals surface area (Å²) in [5, 5.41) is 7.72. The van der Waals surface area contributed by atoms with Crippen LogP contribution in [0.3, 0.4) is 0 Å². The van der Waals surface area contributed by atoms with Crippen LogP contribution in [0.4, 0.5) is 5.69 Å². The van der Waals surface area contributed by atoms with Crippen molar-refractivity contribution in [3.63, 3.8) is 0 Å². The van der Waals surface area contributed by atoms with Crippen LogP contribution >= 0.6 is 23.1 Å². The van der Waals surface area contributed by atoms with E-state index < -0.39 is 0 Å². The predicted molar refractivity (Wildman–Crippen MR) is 98.0 cm³/mol. The molecule has 122 valence electrons. The molecule has 2 N–H and O–H groups in total. The largest absolute Gasteiger partial charge is 0.350 e. The Balaban J connectivity index is 1.65. The highest BCUT2D eigenvalue weighted by Gasteiger charge is 2.07. The lowest BCUT2D eigenvalue weighted by molar-refractivity contribution is -0.118. The maximum atomic E-state index is 11.8. The lowest BCUT2D eigenvalue weighted by atomic mass is 10.2. The van der Waals surface area contributed by atoms with E-state index in [1.54, 1.807) is 11.3 Å². The van der Waals surface area contributed by atoms with E-state index in [4.69, 9.17) is 0 Å². The first-order chi connectivity index (χ1) is 11.0. The second-order valence-corrected chi connectivity index (χ2v) is 7.20. The molecule has 23 heavy (non-hydrogen) atoms. The quantitative estimate of drug-likeness (QED) is 0.807. The SMILES string of the molecule is Cc1cccc(NC(=O)CSCC(=O)NCc2sccc2C)c1. The summed E-state index contributed by atoms with van der Waals surface area (Å²) in [6.45, 7) is 4.56. The van der Waals surface area contributed by atoms with E-state index in [9.17, 15) is 9.59 Å². The van der Waals surface area contributed by atoms with Gasteiger partial charge in [-0.1, -0.05) is 12.1 Å². The zero-order valence-corrected chi connectivity index (χ0v) is 14.9. The summed E-state index contributed by atoms with van der Waals surface area (Å²) in [5.74, 6) is 0.402. The summed E-state index contributed by atoms with van der Waals surface area (Å²) < 4.78 is 0. The van der Waals surface area contributed by atoms with Crippen LogP contribution in [-0.4, -0.2) is 23.3 Å². The Hall–Kier alpha value is -1.79. The summed E-state index contributed by atoms with van der Waals surface area (Å²) in [6, 6.07) is 9.68. The van der Waals surface area contributed by atoms with Gasteiger partial charge in [0.2, 0.25) is 11.8 Å². The lowest BCUT2D eigenvalue weighted by Gasteiger charge is -2.07. The Morgan fingerprint density at radius 3 is 2.61 bits per heavy atom. The highest BCUT2D eigenvalue weighted by molar-refractivity contribution is 8.00. The Bertz CT molecular complexity index is 683. The van der Waals surface area contributed by atoms with E-state index in [2.05, 4.69) is 10.6 Å². The lowest BCUT2D eigenvalue weighted by Crippen LogP contribution is -2.25. The van der Waals surface area contributed by atoms with E-state index in [-0.39, 0.29) is 23.3 Å². The van der Waals surface area contributed by atoms with Crippen molar-refractivity contribution in [3.8, 4) is 0 Å². The monoisotopic (exact) mass is 348 g/mol. The number of amides is 2. The Morgan fingerprint density at radius 1 is 1.13 bits per heavy atom. The van der Waals surface area contributed by atoms with Crippen LogP contribution in [0.5, 0.6) is 0 Å². The summed E-state index contributed by atoms with van der Waals surface area (Å²) in [4.78, 5) is 24.8. The van der Waals surface area contributed by atoms with Crippen LogP contribution in [0.1, 0.15) is 16.0 Å². The highest BCUT2D eigenvalue weighted by Crippen LogP contribution is 2.15. The number of benzene rings is 1. The zero-order chi connectivity index (χ0) is 16.7.